The van der Waals surface area contributed by atoms with Crippen LogP contribution in [0.5, 0.6) is 0 Å². The number of imidazole rings is 1. The van der Waals surface area contributed by atoms with Crippen molar-refractivity contribution >= 4 is 0 Å². The van der Waals surface area contributed by atoms with Crippen molar-refractivity contribution in [2.24, 2.45) is 0 Å². The Balaban J connectivity index is 1.57. The lowest BCUT2D eigenvalue weighted by Gasteiger charge is -2.32. The molecule has 4 heteroatoms. The number of aromatic nitrogens is 2. The lowest BCUT2D eigenvalue weighted by molar-refractivity contribution is -0.0276. The number of hydrogen-bond acceptors (Lipinski definition) is 3. The van der Waals surface area contributed by atoms with E-state index in [1.165, 1.54) is 22.4 Å². The van der Waals surface area contributed by atoms with E-state index >= 15 is 0 Å². The van der Waals surface area contributed by atoms with E-state index in [0.717, 1.165) is 50.4 Å². The maximum absolute atomic E-state index is 6.81. The molecule has 150 valence electrons. The molecule has 3 aromatic rings. The number of likely N-dealkylation sites (tertiary alicyclic amines) is 1. The molecule has 5 rings (SSSR count). The van der Waals surface area contributed by atoms with Crippen LogP contribution in [0, 0.1) is 6.92 Å². The van der Waals surface area contributed by atoms with E-state index in [9.17, 15) is 0 Å². The molecule has 0 amide bonds. The highest BCUT2D eigenvalue weighted by Gasteiger charge is 2.31. The molecule has 1 unspecified atom stereocenters. The van der Waals surface area contributed by atoms with Gasteiger partial charge in [-0.3, -0.25) is 0 Å². The van der Waals surface area contributed by atoms with Gasteiger partial charge in [0.15, 0.2) is 0 Å². The van der Waals surface area contributed by atoms with E-state index in [2.05, 4.69) is 78.0 Å². The molecule has 1 aromatic heterocycles. The Bertz CT molecular complexity index is 987. The molecular weight excluding hydrogens is 358 g/mol. The summed E-state index contributed by atoms with van der Waals surface area (Å²) < 4.78 is 9.20. The van der Waals surface area contributed by atoms with Crippen LogP contribution in [-0.2, 0) is 17.7 Å². The van der Waals surface area contributed by atoms with Gasteiger partial charge in [-0.05, 0) is 44.4 Å². The average molecular weight is 388 g/mol. The summed E-state index contributed by atoms with van der Waals surface area (Å²) in [4.78, 5) is 7.56. The second-order valence-corrected chi connectivity index (χ2v) is 8.39. The molecule has 0 bridgehead atoms. The van der Waals surface area contributed by atoms with E-state index < -0.39 is 0 Å². The minimum atomic E-state index is -0.0988. The summed E-state index contributed by atoms with van der Waals surface area (Å²) in [6, 6.07) is 19.3. The molecular formula is C25H29N3O. The number of nitrogens with zero attached hydrogens (tertiary/aromatic N) is 3. The number of fused-ring (bicyclic) bond motifs is 2. The SMILES string of the molecule is Cc1c(-c2ccccc2)nc2n1CCc1ccccc1C2OC1CCN(C)CC1. The topological polar surface area (TPSA) is 30.3 Å². The lowest BCUT2D eigenvalue weighted by atomic mass is 10.00. The molecule has 2 aliphatic heterocycles. The van der Waals surface area contributed by atoms with E-state index in [1.54, 1.807) is 0 Å². The van der Waals surface area contributed by atoms with Crippen LogP contribution in [0.1, 0.15) is 41.6 Å². The van der Waals surface area contributed by atoms with Gasteiger partial charge in [-0.25, -0.2) is 4.98 Å². The first-order chi connectivity index (χ1) is 14.2. The van der Waals surface area contributed by atoms with Gasteiger partial charge in [0.25, 0.3) is 0 Å². The van der Waals surface area contributed by atoms with Crippen LogP contribution < -0.4 is 0 Å². The molecule has 3 heterocycles. The second-order valence-electron chi connectivity index (χ2n) is 8.39. The van der Waals surface area contributed by atoms with Crippen molar-refractivity contribution in [3.63, 3.8) is 0 Å². The summed E-state index contributed by atoms with van der Waals surface area (Å²) in [6.45, 7) is 5.34. The Morgan fingerprint density at radius 1 is 0.931 bits per heavy atom. The highest BCUT2D eigenvalue weighted by molar-refractivity contribution is 5.62. The molecule has 0 radical (unpaired) electrons. The molecule has 2 aliphatic rings. The van der Waals surface area contributed by atoms with Crippen molar-refractivity contribution in [3.8, 4) is 11.3 Å². The van der Waals surface area contributed by atoms with Gasteiger partial charge in [-0.2, -0.15) is 0 Å². The van der Waals surface area contributed by atoms with Gasteiger partial charge in [0.1, 0.15) is 11.9 Å². The number of rotatable bonds is 3. The van der Waals surface area contributed by atoms with Crippen LogP contribution in [0.25, 0.3) is 11.3 Å². The van der Waals surface area contributed by atoms with Crippen molar-refractivity contribution in [2.45, 2.75) is 44.9 Å². The van der Waals surface area contributed by atoms with Crippen LogP contribution >= 0.6 is 0 Å². The minimum absolute atomic E-state index is 0.0988. The molecule has 0 N–H and O–H groups in total. The zero-order valence-electron chi connectivity index (χ0n) is 17.3. The van der Waals surface area contributed by atoms with Crippen LogP contribution in [0.15, 0.2) is 54.6 Å². The van der Waals surface area contributed by atoms with Crippen LogP contribution in [-0.4, -0.2) is 40.7 Å². The van der Waals surface area contributed by atoms with Crippen molar-refractivity contribution in [1.29, 1.82) is 0 Å². The van der Waals surface area contributed by atoms with Crippen molar-refractivity contribution in [1.82, 2.24) is 14.5 Å². The zero-order valence-corrected chi connectivity index (χ0v) is 17.3. The zero-order chi connectivity index (χ0) is 19.8. The largest absolute Gasteiger partial charge is 0.362 e. The van der Waals surface area contributed by atoms with Crippen LogP contribution in [0.2, 0.25) is 0 Å². The van der Waals surface area contributed by atoms with E-state index in [0.29, 0.717) is 0 Å². The lowest BCUT2D eigenvalue weighted by Crippen LogP contribution is -2.35. The summed E-state index contributed by atoms with van der Waals surface area (Å²) in [6.07, 6.45) is 3.37. The number of hydrogen-bond donors (Lipinski definition) is 0. The van der Waals surface area contributed by atoms with Gasteiger partial charge in [0, 0.05) is 30.9 Å². The number of ether oxygens (including phenoxy) is 1. The molecule has 0 aliphatic carbocycles. The van der Waals surface area contributed by atoms with Crippen LogP contribution in [0.3, 0.4) is 0 Å². The normalized spacial score (nSPS) is 20.1. The first-order valence-corrected chi connectivity index (χ1v) is 10.7. The third-order valence-electron chi connectivity index (χ3n) is 6.47. The van der Waals surface area contributed by atoms with Gasteiger partial charge < -0.3 is 14.2 Å². The number of benzene rings is 2. The molecule has 0 saturated carbocycles. The smallest absolute Gasteiger partial charge is 0.143 e. The molecule has 0 spiro atoms. The van der Waals surface area contributed by atoms with Crippen molar-refractivity contribution in [2.75, 3.05) is 20.1 Å². The first kappa shape index (κ1) is 18.6. The molecule has 2 aromatic carbocycles. The van der Waals surface area contributed by atoms with E-state index in [-0.39, 0.29) is 12.2 Å². The third kappa shape index (κ3) is 3.52. The quantitative estimate of drug-likeness (QED) is 0.657. The fourth-order valence-corrected chi connectivity index (χ4v) is 4.74. The predicted molar refractivity (Wildman–Crippen MR) is 116 cm³/mol. The van der Waals surface area contributed by atoms with Gasteiger partial charge in [-0.1, -0.05) is 54.6 Å². The van der Waals surface area contributed by atoms with Gasteiger partial charge in [-0.15, -0.1) is 0 Å². The summed E-state index contributed by atoms with van der Waals surface area (Å²) in [5.41, 5.74) is 6.16. The molecule has 4 nitrogen and oxygen atoms in total. The Kier molecular flexibility index (Phi) is 4.98. The number of aryl methyl sites for hydroxylation is 1. The fraction of sp³-hybridized carbons (Fsp3) is 0.400. The molecule has 29 heavy (non-hydrogen) atoms. The van der Waals surface area contributed by atoms with E-state index in [1.807, 2.05) is 0 Å². The average Bonchev–Trinajstić information content (AvgIpc) is 3.00. The van der Waals surface area contributed by atoms with E-state index in [4.69, 9.17) is 9.72 Å². The Labute approximate surface area is 173 Å². The van der Waals surface area contributed by atoms with Gasteiger partial charge >= 0.3 is 0 Å². The third-order valence-corrected chi connectivity index (χ3v) is 6.47. The Morgan fingerprint density at radius 3 is 2.45 bits per heavy atom. The summed E-state index contributed by atoms with van der Waals surface area (Å²) in [7, 11) is 2.19. The predicted octanol–water partition coefficient (Wildman–Crippen LogP) is 4.61. The summed E-state index contributed by atoms with van der Waals surface area (Å²) >= 11 is 0. The van der Waals surface area contributed by atoms with Gasteiger partial charge in [0.2, 0.25) is 0 Å². The molecule has 1 fully saturated rings. The van der Waals surface area contributed by atoms with Crippen molar-refractivity contribution < 1.29 is 4.74 Å². The number of piperidine rings is 1. The maximum Gasteiger partial charge on any atom is 0.143 e. The van der Waals surface area contributed by atoms with Gasteiger partial charge in [0.05, 0.1) is 11.8 Å². The summed E-state index contributed by atoms with van der Waals surface area (Å²) in [5, 5.41) is 0. The monoisotopic (exact) mass is 387 g/mol. The fourth-order valence-electron chi connectivity index (χ4n) is 4.74. The highest BCUT2D eigenvalue weighted by atomic mass is 16.5. The minimum Gasteiger partial charge on any atom is -0.362 e. The first-order valence-electron chi connectivity index (χ1n) is 10.7. The maximum atomic E-state index is 6.81. The molecule has 1 saturated heterocycles. The standard InChI is InChI=1S/C25H29N3O/c1-18-23(20-9-4-3-5-10-20)26-25-24(29-21-13-15-27(2)16-14-21)22-11-7-6-8-19(22)12-17-28(18)25/h3-11,21,24H,12-17H2,1-2H3. The second kappa shape index (κ2) is 7.77. The van der Waals surface area contributed by atoms with Crippen LogP contribution in [0.4, 0.5) is 0 Å². The van der Waals surface area contributed by atoms with Crippen molar-refractivity contribution in [3.05, 3.63) is 77.2 Å². The molecule has 1 atom stereocenters. The summed E-state index contributed by atoms with van der Waals surface area (Å²) in [5.74, 6) is 1.06. The highest BCUT2D eigenvalue weighted by Crippen LogP contribution is 2.37. The Morgan fingerprint density at radius 2 is 1.66 bits per heavy atom. The Hall–Kier alpha value is -2.43.